The Labute approximate surface area is 187 Å². The Morgan fingerprint density at radius 3 is 2.50 bits per heavy atom. The van der Waals surface area contributed by atoms with Gasteiger partial charge in [-0.3, -0.25) is 9.59 Å². The van der Waals surface area contributed by atoms with E-state index in [1.54, 1.807) is 37.3 Å². The molecule has 1 N–H and O–H groups in total. The number of carbonyl (C=O) groups excluding carboxylic acids is 2. The largest absolute Gasteiger partial charge is 0.497 e. The number of piperazine rings is 1. The molecule has 166 valence electrons. The average Bonchev–Trinajstić information content (AvgIpc) is 3.25. The molecule has 1 saturated heterocycles. The molecule has 0 spiro atoms. The van der Waals surface area contributed by atoms with E-state index < -0.39 is 0 Å². The third kappa shape index (κ3) is 4.61. The monoisotopic (exact) mass is 433 g/mol. The predicted octanol–water partition coefficient (Wildman–Crippen LogP) is 3.11. The van der Waals surface area contributed by atoms with E-state index in [-0.39, 0.29) is 11.8 Å². The molecular formula is C25H27N3O4. The molecule has 1 aliphatic heterocycles. The molecule has 1 aliphatic rings. The smallest absolute Gasteiger partial charge is 0.246 e. The molecule has 4 rings (SSSR count). The first-order valence-corrected chi connectivity index (χ1v) is 10.6. The van der Waals surface area contributed by atoms with Crippen LogP contribution >= 0.6 is 0 Å². The second kappa shape index (κ2) is 9.60. The van der Waals surface area contributed by atoms with Gasteiger partial charge in [-0.15, -0.1) is 0 Å². The molecule has 1 aromatic heterocycles. The molecule has 3 aromatic rings. The zero-order chi connectivity index (χ0) is 22.5. The van der Waals surface area contributed by atoms with Crippen LogP contribution in [0.4, 0.5) is 0 Å². The molecular weight excluding hydrogens is 406 g/mol. The lowest BCUT2D eigenvalue weighted by Crippen LogP contribution is -2.50. The number of hydrogen-bond donors (Lipinski definition) is 1. The van der Waals surface area contributed by atoms with E-state index in [9.17, 15) is 9.59 Å². The quantitative estimate of drug-likeness (QED) is 0.606. The fraction of sp³-hybridized carbons (Fsp3) is 0.280. The molecule has 0 aliphatic carbocycles. The molecule has 32 heavy (non-hydrogen) atoms. The van der Waals surface area contributed by atoms with Gasteiger partial charge >= 0.3 is 0 Å². The lowest BCUT2D eigenvalue weighted by Gasteiger charge is -2.34. The third-order valence-electron chi connectivity index (χ3n) is 5.81. The summed E-state index contributed by atoms with van der Waals surface area (Å²) in [5.41, 5.74) is 2.83. The predicted molar refractivity (Wildman–Crippen MR) is 124 cm³/mol. The van der Waals surface area contributed by atoms with Crippen LogP contribution in [0.2, 0.25) is 0 Å². The van der Waals surface area contributed by atoms with Crippen LogP contribution in [0.15, 0.2) is 54.7 Å². The van der Waals surface area contributed by atoms with Crippen LogP contribution in [0.1, 0.15) is 11.1 Å². The fourth-order valence-corrected chi connectivity index (χ4v) is 3.95. The minimum atomic E-state index is -0.0772. The highest BCUT2D eigenvalue weighted by atomic mass is 16.5. The Morgan fingerprint density at radius 2 is 1.75 bits per heavy atom. The number of nitrogens with zero attached hydrogens (tertiary/aromatic N) is 2. The van der Waals surface area contributed by atoms with Crippen LogP contribution in [0.3, 0.4) is 0 Å². The first kappa shape index (κ1) is 21.5. The molecule has 1 fully saturated rings. The summed E-state index contributed by atoms with van der Waals surface area (Å²) in [4.78, 5) is 32.2. The molecule has 0 unspecified atom stereocenters. The van der Waals surface area contributed by atoms with E-state index in [4.69, 9.17) is 9.47 Å². The van der Waals surface area contributed by atoms with Gasteiger partial charge in [0, 0.05) is 61.0 Å². The molecule has 2 amide bonds. The van der Waals surface area contributed by atoms with Crippen molar-refractivity contribution in [2.45, 2.75) is 6.42 Å². The van der Waals surface area contributed by atoms with Gasteiger partial charge in [-0.25, -0.2) is 0 Å². The van der Waals surface area contributed by atoms with Crippen molar-refractivity contribution in [2.24, 2.45) is 0 Å². The van der Waals surface area contributed by atoms with Gasteiger partial charge in [0.05, 0.1) is 20.6 Å². The lowest BCUT2D eigenvalue weighted by molar-refractivity contribution is -0.136. The number of aromatic amines is 1. The van der Waals surface area contributed by atoms with E-state index >= 15 is 0 Å². The second-order valence-electron chi connectivity index (χ2n) is 7.68. The van der Waals surface area contributed by atoms with Gasteiger partial charge in [0.15, 0.2) is 0 Å². The number of fused-ring (bicyclic) bond motifs is 1. The maximum atomic E-state index is 12.8. The van der Waals surface area contributed by atoms with E-state index in [0.717, 1.165) is 22.0 Å². The van der Waals surface area contributed by atoms with Crippen molar-refractivity contribution in [2.75, 3.05) is 40.4 Å². The average molecular weight is 434 g/mol. The zero-order valence-electron chi connectivity index (χ0n) is 18.3. The number of rotatable bonds is 6. The van der Waals surface area contributed by atoms with E-state index in [1.165, 1.54) is 0 Å². The molecule has 0 bridgehead atoms. The number of aromatic nitrogens is 1. The summed E-state index contributed by atoms with van der Waals surface area (Å²) in [6, 6.07) is 13.4. The highest BCUT2D eigenvalue weighted by Gasteiger charge is 2.23. The van der Waals surface area contributed by atoms with Gasteiger partial charge in [-0.2, -0.15) is 0 Å². The van der Waals surface area contributed by atoms with Crippen molar-refractivity contribution in [3.63, 3.8) is 0 Å². The van der Waals surface area contributed by atoms with Crippen LogP contribution in [0.5, 0.6) is 11.5 Å². The summed E-state index contributed by atoms with van der Waals surface area (Å²) in [5.74, 6) is 1.34. The first-order valence-electron chi connectivity index (χ1n) is 10.6. The number of hydrogen-bond acceptors (Lipinski definition) is 4. The third-order valence-corrected chi connectivity index (χ3v) is 5.81. The van der Waals surface area contributed by atoms with Crippen LogP contribution in [-0.4, -0.2) is 67.0 Å². The summed E-state index contributed by atoms with van der Waals surface area (Å²) >= 11 is 0. The molecule has 7 heteroatoms. The van der Waals surface area contributed by atoms with E-state index in [2.05, 4.69) is 4.98 Å². The molecule has 2 heterocycles. The highest BCUT2D eigenvalue weighted by Crippen LogP contribution is 2.25. The molecule has 0 saturated carbocycles. The van der Waals surface area contributed by atoms with Crippen molar-refractivity contribution in [1.29, 1.82) is 0 Å². The second-order valence-corrected chi connectivity index (χ2v) is 7.68. The number of ether oxygens (including phenoxy) is 2. The number of para-hydroxylation sites is 1. The Morgan fingerprint density at radius 1 is 1.00 bits per heavy atom. The minimum Gasteiger partial charge on any atom is -0.497 e. The molecule has 7 nitrogen and oxygen atoms in total. The normalized spacial score (nSPS) is 14.2. The van der Waals surface area contributed by atoms with Gasteiger partial charge in [-0.05, 0) is 29.8 Å². The van der Waals surface area contributed by atoms with Crippen molar-refractivity contribution in [3.8, 4) is 11.5 Å². The number of nitrogens with one attached hydrogen (secondary N) is 1. The van der Waals surface area contributed by atoms with Gasteiger partial charge in [0.2, 0.25) is 11.8 Å². The summed E-state index contributed by atoms with van der Waals surface area (Å²) in [5, 5.41) is 1.08. The maximum absolute atomic E-state index is 12.8. The minimum absolute atomic E-state index is 0.0772. The molecule has 0 radical (unpaired) electrons. The summed E-state index contributed by atoms with van der Waals surface area (Å²) < 4.78 is 10.6. The lowest BCUT2D eigenvalue weighted by atomic mass is 10.1. The van der Waals surface area contributed by atoms with Gasteiger partial charge in [-0.1, -0.05) is 18.2 Å². The highest BCUT2D eigenvalue weighted by molar-refractivity contribution is 5.93. The van der Waals surface area contributed by atoms with E-state index in [0.29, 0.717) is 44.1 Å². The number of methoxy groups -OCH3 is 2. The summed E-state index contributed by atoms with van der Waals surface area (Å²) in [7, 11) is 3.18. The molecule has 2 aromatic carbocycles. The number of H-pyrrole nitrogens is 1. The fourth-order valence-electron chi connectivity index (χ4n) is 3.95. The van der Waals surface area contributed by atoms with Crippen LogP contribution in [-0.2, 0) is 16.0 Å². The van der Waals surface area contributed by atoms with Gasteiger partial charge in [0.25, 0.3) is 0 Å². The van der Waals surface area contributed by atoms with Crippen molar-refractivity contribution >= 4 is 28.8 Å². The van der Waals surface area contributed by atoms with Crippen LogP contribution in [0.25, 0.3) is 17.0 Å². The van der Waals surface area contributed by atoms with Crippen LogP contribution in [0, 0.1) is 0 Å². The number of carbonyl (C=O) groups is 2. The number of benzene rings is 2. The van der Waals surface area contributed by atoms with Crippen molar-refractivity contribution < 1.29 is 19.1 Å². The Kier molecular flexibility index (Phi) is 6.44. The van der Waals surface area contributed by atoms with E-state index in [1.807, 2.05) is 47.5 Å². The Balaban J connectivity index is 1.32. The van der Waals surface area contributed by atoms with Crippen LogP contribution < -0.4 is 9.47 Å². The molecule has 0 atom stereocenters. The van der Waals surface area contributed by atoms with Crippen molar-refractivity contribution in [1.82, 2.24) is 14.8 Å². The van der Waals surface area contributed by atoms with Gasteiger partial charge in [0.1, 0.15) is 11.5 Å². The zero-order valence-corrected chi connectivity index (χ0v) is 18.3. The maximum Gasteiger partial charge on any atom is 0.246 e. The SMILES string of the molecule is COc1ccc(C=CC(=O)N2CCN(C(=O)Cc3c[nH]c4ccccc34)CC2)c(OC)c1. The summed E-state index contributed by atoms with van der Waals surface area (Å²) in [6.07, 6.45) is 5.55. The summed E-state index contributed by atoms with van der Waals surface area (Å²) in [6.45, 7) is 2.10. The van der Waals surface area contributed by atoms with Gasteiger partial charge < -0.3 is 24.3 Å². The first-order chi connectivity index (χ1) is 15.6. The topological polar surface area (TPSA) is 74.9 Å². The van der Waals surface area contributed by atoms with Crippen molar-refractivity contribution in [3.05, 3.63) is 65.9 Å². The number of amides is 2. The Bertz CT molecular complexity index is 1140. The Hall–Kier alpha value is -3.74. The standard InChI is InChI=1S/C25H27N3O4/c1-31-20-9-7-18(23(16-20)32-2)8-10-24(29)27-11-13-28(14-12-27)25(30)15-19-17-26-22-6-4-3-5-21(19)22/h3-10,16-17,26H,11-15H2,1-2H3.